The second-order valence-corrected chi connectivity index (χ2v) is 5.06. The van der Waals surface area contributed by atoms with Gasteiger partial charge in [0.05, 0.1) is 18.3 Å². The topological polar surface area (TPSA) is 71.2 Å². The summed E-state index contributed by atoms with van der Waals surface area (Å²) in [6.07, 6.45) is 4.13. The third kappa shape index (κ3) is 6.50. The summed E-state index contributed by atoms with van der Waals surface area (Å²) < 4.78 is 0. The molecule has 1 aliphatic heterocycles. The van der Waals surface area contributed by atoms with Crippen LogP contribution >= 0.6 is 24.8 Å². The van der Waals surface area contributed by atoms with E-state index in [1.807, 2.05) is 0 Å². The molecule has 1 fully saturated rings. The Kier molecular flexibility index (Phi) is 9.33. The number of hydrogen-bond acceptors (Lipinski definition) is 4. The molecular weight excluding hydrogens is 311 g/mol. The zero-order valence-corrected chi connectivity index (χ0v) is 13.9. The average Bonchev–Trinajstić information content (AvgIpc) is 2.41. The first-order valence-corrected chi connectivity index (χ1v) is 6.89. The molecule has 1 amide bonds. The minimum Gasteiger partial charge on any atom is -0.397 e. The summed E-state index contributed by atoms with van der Waals surface area (Å²) in [5.41, 5.74) is 6.95. The van der Waals surface area contributed by atoms with E-state index >= 15 is 0 Å². The number of rotatable bonds is 4. The van der Waals surface area contributed by atoms with Crippen LogP contribution in [0, 0.1) is 0 Å². The van der Waals surface area contributed by atoms with E-state index in [1.54, 1.807) is 18.3 Å². The number of nitrogens with two attached hydrogens (primary N) is 1. The molecule has 1 aliphatic rings. The van der Waals surface area contributed by atoms with Gasteiger partial charge in [0, 0.05) is 18.3 Å². The van der Waals surface area contributed by atoms with Crippen LogP contribution < -0.4 is 11.1 Å². The van der Waals surface area contributed by atoms with E-state index in [0.717, 1.165) is 38.2 Å². The minimum atomic E-state index is 0. The first kappa shape index (κ1) is 20.0. The molecule has 120 valence electrons. The monoisotopic (exact) mass is 334 g/mol. The van der Waals surface area contributed by atoms with Gasteiger partial charge in [-0.25, -0.2) is 0 Å². The van der Waals surface area contributed by atoms with Gasteiger partial charge in [0.15, 0.2) is 0 Å². The van der Waals surface area contributed by atoms with Crippen molar-refractivity contribution in [2.24, 2.45) is 0 Å². The summed E-state index contributed by atoms with van der Waals surface area (Å²) >= 11 is 0. The third-order valence-electron chi connectivity index (χ3n) is 3.51. The smallest absolute Gasteiger partial charge is 0.226 e. The van der Waals surface area contributed by atoms with Gasteiger partial charge in [-0.05, 0) is 38.1 Å². The molecule has 1 saturated heterocycles. The molecule has 0 aromatic carbocycles. The number of aromatic nitrogens is 1. The van der Waals surface area contributed by atoms with E-state index in [2.05, 4.69) is 22.1 Å². The normalized spacial score (nSPS) is 18.2. The van der Waals surface area contributed by atoms with Crippen molar-refractivity contribution in [2.75, 3.05) is 25.4 Å². The van der Waals surface area contributed by atoms with Crippen LogP contribution in [0.1, 0.15) is 25.5 Å². The van der Waals surface area contributed by atoms with Crippen molar-refractivity contribution in [1.29, 1.82) is 0 Å². The number of carbonyl (C=O) groups is 1. The van der Waals surface area contributed by atoms with E-state index in [9.17, 15) is 4.79 Å². The average molecular weight is 335 g/mol. The number of anilines is 1. The predicted octanol–water partition coefficient (Wildman–Crippen LogP) is 1.65. The second kappa shape index (κ2) is 9.82. The summed E-state index contributed by atoms with van der Waals surface area (Å²) in [7, 11) is 0. The van der Waals surface area contributed by atoms with Crippen molar-refractivity contribution in [3.05, 3.63) is 24.0 Å². The summed E-state index contributed by atoms with van der Waals surface area (Å²) in [6.45, 7) is 5.30. The number of amides is 1. The standard InChI is InChI=1S/C14H22N4O.2ClH/c1-2-18-7-3-4-13(10-18)17-14(19)8-12-6-5-11(15)9-16-12;;/h5-6,9,13H,2-4,7-8,10,15H2,1H3,(H,17,19);2*1H. The van der Waals surface area contributed by atoms with E-state index < -0.39 is 0 Å². The highest BCUT2D eigenvalue weighted by Gasteiger charge is 2.20. The highest BCUT2D eigenvalue weighted by molar-refractivity contribution is 5.85. The number of carbonyl (C=O) groups excluding carboxylic acids is 1. The Balaban J connectivity index is 0.00000200. The lowest BCUT2D eigenvalue weighted by molar-refractivity contribution is -0.121. The molecule has 2 heterocycles. The predicted molar refractivity (Wildman–Crippen MR) is 90.1 cm³/mol. The SMILES string of the molecule is CCN1CCCC(NC(=O)Cc2ccc(N)cn2)C1.Cl.Cl. The van der Waals surface area contributed by atoms with Crippen LogP contribution in [0.25, 0.3) is 0 Å². The van der Waals surface area contributed by atoms with Crippen molar-refractivity contribution < 1.29 is 4.79 Å². The van der Waals surface area contributed by atoms with Gasteiger partial charge in [-0.15, -0.1) is 24.8 Å². The lowest BCUT2D eigenvalue weighted by Crippen LogP contribution is -2.47. The van der Waals surface area contributed by atoms with Gasteiger partial charge in [-0.1, -0.05) is 6.92 Å². The number of likely N-dealkylation sites (tertiary alicyclic amines) is 1. The van der Waals surface area contributed by atoms with Gasteiger partial charge in [0.25, 0.3) is 0 Å². The molecule has 3 N–H and O–H groups in total. The minimum absolute atomic E-state index is 0. The summed E-state index contributed by atoms with van der Waals surface area (Å²) in [4.78, 5) is 18.5. The van der Waals surface area contributed by atoms with Crippen LogP contribution in [0.15, 0.2) is 18.3 Å². The van der Waals surface area contributed by atoms with Crippen LogP contribution in [0.4, 0.5) is 5.69 Å². The van der Waals surface area contributed by atoms with E-state index in [4.69, 9.17) is 5.73 Å². The fourth-order valence-corrected chi connectivity index (χ4v) is 2.44. The maximum absolute atomic E-state index is 12.0. The fourth-order valence-electron chi connectivity index (χ4n) is 2.44. The lowest BCUT2D eigenvalue weighted by atomic mass is 10.1. The maximum atomic E-state index is 12.0. The summed E-state index contributed by atoms with van der Waals surface area (Å²) in [5.74, 6) is 0.0419. The molecule has 5 nitrogen and oxygen atoms in total. The van der Waals surface area contributed by atoms with Crippen LogP contribution in [-0.4, -0.2) is 41.5 Å². The van der Waals surface area contributed by atoms with E-state index in [-0.39, 0.29) is 36.8 Å². The number of nitrogen functional groups attached to an aromatic ring is 1. The number of halogens is 2. The van der Waals surface area contributed by atoms with Crippen molar-refractivity contribution >= 4 is 36.4 Å². The van der Waals surface area contributed by atoms with Crippen LogP contribution in [-0.2, 0) is 11.2 Å². The zero-order chi connectivity index (χ0) is 13.7. The van der Waals surface area contributed by atoms with Gasteiger partial charge in [-0.3, -0.25) is 9.78 Å². The van der Waals surface area contributed by atoms with Crippen LogP contribution in [0.5, 0.6) is 0 Å². The Morgan fingerprint density at radius 2 is 2.24 bits per heavy atom. The van der Waals surface area contributed by atoms with Crippen LogP contribution in [0.2, 0.25) is 0 Å². The zero-order valence-electron chi connectivity index (χ0n) is 12.2. The molecule has 1 atom stereocenters. The van der Waals surface area contributed by atoms with E-state index in [0.29, 0.717) is 12.1 Å². The molecule has 1 unspecified atom stereocenters. The van der Waals surface area contributed by atoms with Gasteiger partial charge in [0.1, 0.15) is 0 Å². The summed E-state index contributed by atoms with van der Waals surface area (Å²) in [6, 6.07) is 3.85. The third-order valence-corrected chi connectivity index (χ3v) is 3.51. The lowest BCUT2D eigenvalue weighted by Gasteiger charge is -2.32. The highest BCUT2D eigenvalue weighted by atomic mass is 35.5. The van der Waals surface area contributed by atoms with E-state index in [1.165, 1.54) is 0 Å². The molecule has 0 bridgehead atoms. The number of piperidine rings is 1. The van der Waals surface area contributed by atoms with Gasteiger partial charge in [0.2, 0.25) is 5.91 Å². The van der Waals surface area contributed by atoms with Crippen LogP contribution in [0.3, 0.4) is 0 Å². The molecule has 0 saturated carbocycles. The van der Waals surface area contributed by atoms with Gasteiger partial charge in [-0.2, -0.15) is 0 Å². The maximum Gasteiger partial charge on any atom is 0.226 e. The first-order chi connectivity index (χ1) is 9.17. The molecule has 21 heavy (non-hydrogen) atoms. The fraction of sp³-hybridized carbons (Fsp3) is 0.571. The Bertz CT molecular complexity index is 427. The Hall–Kier alpha value is -1.04. The molecule has 0 radical (unpaired) electrons. The molecule has 1 aromatic heterocycles. The van der Waals surface area contributed by atoms with Crippen molar-refractivity contribution in [2.45, 2.75) is 32.2 Å². The van der Waals surface area contributed by atoms with Crippen molar-refractivity contribution in [3.8, 4) is 0 Å². The molecule has 0 spiro atoms. The molecule has 7 heteroatoms. The quantitative estimate of drug-likeness (QED) is 0.878. The largest absolute Gasteiger partial charge is 0.397 e. The molecule has 2 rings (SSSR count). The van der Waals surface area contributed by atoms with Crippen molar-refractivity contribution in [3.63, 3.8) is 0 Å². The van der Waals surface area contributed by atoms with Gasteiger partial charge >= 0.3 is 0 Å². The van der Waals surface area contributed by atoms with Crippen molar-refractivity contribution in [1.82, 2.24) is 15.2 Å². The molecule has 1 aromatic rings. The Morgan fingerprint density at radius 1 is 1.48 bits per heavy atom. The Labute approximate surface area is 138 Å². The number of nitrogens with one attached hydrogen (secondary N) is 1. The first-order valence-electron chi connectivity index (χ1n) is 6.89. The molecular formula is C14H24Cl2N4O. The number of pyridine rings is 1. The van der Waals surface area contributed by atoms with Gasteiger partial charge < -0.3 is 16.0 Å². The highest BCUT2D eigenvalue weighted by Crippen LogP contribution is 2.10. The molecule has 0 aliphatic carbocycles. The number of nitrogens with zero attached hydrogens (tertiary/aromatic N) is 2. The summed E-state index contributed by atoms with van der Waals surface area (Å²) in [5, 5.41) is 3.09. The second-order valence-electron chi connectivity index (χ2n) is 5.06. The number of likely N-dealkylation sites (N-methyl/N-ethyl adjacent to an activating group) is 1. The number of hydrogen-bond donors (Lipinski definition) is 2. The Morgan fingerprint density at radius 3 is 2.86 bits per heavy atom.